The van der Waals surface area contributed by atoms with Gasteiger partial charge in [0.25, 0.3) is 0 Å². The van der Waals surface area contributed by atoms with E-state index in [1.54, 1.807) is 16.9 Å². The molecule has 0 aromatic carbocycles. The third kappa shape index (κ3) is 1.93. The highest BCUT2D eigenvalue weighted by Crippen LogP contribution is 2.29. The van der Waals surface area contributed by atoms with Gasteiger partial charge in [-0.3, -0.25) is 4.68 Å². The summed E-state index contributed by atoms with van der Waals surface area (Å²) in [6.07, 6.45) is 1.63. The molecule has 2 heterocycles. The van der Waals surface area contributed by atoms with Crippen LogP contribution in [0.3, 0.4) is 0 Å². The van der Waals surface area contributed by atoms with Crippen LogP contribution < -0.4 is 4.74 Å². The summed E-state index contributed by atoms with van der Waals surface area (Å²) in [5.41, 5.74) is 2.99. The molecule has 0 saturated carbocycles. The number of ether oxygens (including phenoxy) is 1. The molecule has 0 aliphatic rings. The molecule has 0 radical (unpaired) electrons. The van der Waals surface area contributed by atoms with Crippen LogP contribution in [0.5, 0.6) is 11.6 Å². The van der Waals surface area contributed by atoms with Gasteiger partial charge in [-0.2, -0.15) is 10.4 Å². The van der Waals surface area contributed by atoms with Crippen LogP contribution >= 0.6 is 0 Å². The van der Waals surface area contributed by atoms with Gasteiger partial charge in [-0.1, -0.05) is 0 Å². The lowest BCUT2D eigenvalue weighted by Crippen LogP contribution is -1.96. The van der Waals surface area contributed by atoms with Gasteiger partial charge < -0.3 is 4.74 Å². The molecule has 0 N–H and O–H groups in total. The quantitative estimate of drug-likeness (QED) is 0.811. The van der Waals surface area contributed by atoms with Gasteiger partial charge in [0, 0.05) is 13.2 Å². The molecule has 0 atom stereocenters. The van der Waals surface area contributed by atoms with Gasteiger partial charge >= 0.3 is 0 Å². The van der Waals surface area contributed by atoms with Crippen LogP contribution in [0.4, 0.5) is 0 Å². The predicted octanol–water partition coefficient (Wildman–Crippen LogP) is 2.40. The molecule has 0 bridgehead atoms. The molecule has 2 aromatic heterocycles. The fraction of sp³-hybridized carbons (Fsp3) is 0.308. The maximum atomic E-state index is 9.13. The second kappa shape index (κ2) is 4.49. The molecule has 0 aliphatic heterocycles. The molecule has 92 valence electrons. The molecule has 0 amide bonds. The van der Waals surface area contributed by atoms with E-state index < -0.39 is 0 Å². The van der Waals surface area contributed by atoms with Crippen molar-refractivity contribution >= 4 is 0 Å². The van der Waals surface area contributed by atoms with Crippen molar-refractivity contribution in [1.29, 1.82) is 5.26 Å². The minimum Gasteiger partial charge on any atom is -0.434 e. The zero-order chi connectivity index (χ0) is 13.3. The summed E-state index contributed by atoms with van der Waals surface area (Å²) in [4.78, 5) is 4.12. The third-order valence-electron chi connectivity index (χ3n) is 2.88. The van der Waals surface area contributed by atoms with E-state index >= 15 is 0 Å². The maximum Gasteiger partial charge on any atom is 0.237 e. The van der Waals surface area contributed by atoms with Crippen molar-refractivity contribution in [3.63, 3.8) is 0 Å². The minimum atomic E-state index is 0.330. The van der Waals surface area contributed by atoms with Crippen LogP contribution in [-0.2, 0) is 7.05 Å². The van der Waals surface area contributed by atoms with Gasteiger partial charge in [-0.05, 0) is 32.4 Å². The van der Waals surface area contributed by atoms with Gasteiger partial charge in [-0.15, -0.1) is 0 Å². The average molecular weight is 242 g/mol. The Labute approximate surface area is 106 Å². The number of nitrogens with zero attached hydrogens (tertiary/aromatic N) is 4. The van der Waals surface area contributed by atoms with E-state index in [2.05, 4.69) is 16.2 Å². The highest BCUT2D eigenvalue weighted by Gasteiger charge is 2.15. The lowest BCUT2D eigenvalue weighted by atomic mass is 10.2. The summed E-state index contributed by atoms with van der Waals surface area (Å²) in [5.74, 6) is 0.990. The van der Waals surface area contributed by atoms with E-state index in [0.29, 0.717) is 17.2 Å². The molecule has 2 aromatic rings. The number of rotatable bonds is 2. The zero-order valence-electron chi connectivity index (χ0n) is 10.9. The van der Waals surface area contributed by atoms with Crippen LogP contribution in [0, 0.1) is 32.1 Å². The maximum absolute atomic E-state index is 9.13. The molecule has 5 nitrogen and oxygen atoms in total. The summed E-state index contributed by atoms with van der Waals surface area (Å²) in [5, 5.41) is 13.4. The summed E-state index contributed by atoms with van der Waals surface area (Å²) >= 11 is 0. The van der Waals surface area contributed by atoms with Gasteiger partial charge in [0.05, 0.1) is 5.69 Å². The van der Waals surface area contributed by atoms with Crippen LogP contribution in [0.1, 0.15) is 22.5 Å². The normalized spacial score (nSPS) is 10.2. The molecule has 0 aliphatic carbocycles. The zero-order valence-corrected chi connectivity index (χ0v) is 10.9. The van der Waals surface area contributed by atoms with Crippen molar-refractivity contribution in [3.05, 3.63) is 34.8 Å². The number of nitriles is 1. The molecule has 0 saturated heterocycles. The molecular weight excluding hydrogens is 228 g/mol. The molecular formula is C13H14N4O. The van der Waals surface area contributed by atoms with Crippen molar-refractivity contribution < 1.29 is 4.74 Å². The SMILES string of the molecule is Cc1ccnc(Oc2c(C)nn(C)c2C)c1C#N. The number of hydrogen-bond acceptors (Lipinski definition) is 4. The van der Waals surface area contributed by atoms with Crippen molar-refractivity contribution in [2.24, 2.45) is 7.05 Å². The van der Waals surface area contributed by atoms with Crippen molar-refractivity contribution in [2.75, 3.05) is 0 Å². The van der Waals surface area contributed by atoms with Crippen LogP contribution in [0.25, 0.3) is 0 Å². The number of hydrogen-bond donors (Lipinski definition) is 0. The fourth-order valence-electron chi connectivity index (χ4n) is 1.75. The predicted molar refractivity (Wildman–Crippen MR) is 66.4 cm³/mol. The second-order valence-electron chi connectivity index (χ2n) is 4.15. The summed E-state index contributed by atoms with van der Waals surface area (Å²) in [6.45, 7) is 5.64. The Morgan fingerprint density at radius 3 is 2.61 bits per heavy atom. The Hall–Kier alpha value is -2.35. The fourth-order valence-corrected chi connectivity index (χ4v) is 1.75. The van der Waals surface area contributed by atoms with Crippen molar-refractivity contribution in [2.45, 2.75) is 20.8 Å². The average Bonchev–Trinajstić information content (AvgIpc) is 2.56. The lowest BCUT2D eigenvalue weighted by molar-refractivity contribution is 0.453. The molecule has 0 spiro atoms. The van der Waals surface area contributed by atoms with Gasteiger partial charge in [0.1, 0.15) is 17.3 Å². The Kier molecular flexibility index (Phi) is 3.02. The van der Waals surface area contributed by atoms with E-state index in [1.807, 2.05) is 27.8 Å². The summed E-state index contributed by atoms with van der Waals surface area (Å²) < 4.78 is 7.49. The monoisotopic (exact) mass is 242 g/mol. The van der Waals surface area contributed by atoms with E-state index in [9.17, 15) is 0 Å². The van der Waals surface area contributed by atoms with Gasteiger partial charge in [0.15, 0.2) is 5.75 Å². The van der Waals surface area contributed by atoms with Crippen LogP contribution in [0.15, 0.2) is 12.3 Å². The molecule has 0 fully saturated rings. The first-order valence-corrected chi connectivity index (χ1v) is 5.58. The molecule has 5 heteroatoms. The van der Waals surface area contributed by atoms with E-state index in [4.69, 9.17) is 10.00 Å². The smallest absolute Gasteiger partial charge is 0.237 e. The second-order valence-corrected chi connectivity index (χ2v) is 4.15. The lowest BCUT2D eigenvalue weighted by Gasteiger charge is -2.07. The first kappa shape index (κ1) is 12.1. The van der Waals surface area contributed by atoms with Gasteiger partial charge in [0.2, 0.25) is 5.88 Å². The van der Waals surface area contributed by atoms with Crippen molar-refractivity contribution in [3.8, 4) is 17.7 Å². The standard InChI is InChI=1S/C13H14N4O/c1-8-5-6-15-13(11(8)7-14)18-12-9(2)16-17(4)10(12)3/h5-6H,1-4H3. The Balaban J connectivity index is 2.47. The third-order valence-corrected chi connectivity index (χ3v) is 2.88. The molecule has 18 heavy (non-hydrogen) atoms. The summed E-state index contributed by atoms with van der Waals surface area (Å²) in [6, 6.07) is 3.90. The minimum absolute atomic E-state index is 0.330. The van der Waals surface area contributed by atoms with Crippen molar-refractivity contribution in [1.82, 2.24) is 14.8 Å². The van der Waals surface area contributed by atoms with E-state index in [-0.39, 0.29) is 0 Å². The highest BCUT2D eigenvalue weighted by atomic mass is 16.5. The van der Waals surface area contributed by atoms with Crippen LogP contribution in [-0.4, -0.2) is 14.8 Å². The first-order valence-electron chi connectivity index (χ1n) is 5.58. The Morgan fingerprint density at radius 1 is 1.33 bits per heavy atom. The molecule has 0 unspecified atom stereocenters. The number of aromatic nitrogens is 3. The number of pyridine rings is 1. The first-order chi connectivity index (χ1) is 8.54. The number of aryl methyl sites for hydroxylation is 3. The molecule has 2 rings (SSSR count). The highest BCUT2D eigenvalue weighted by molar-refractivity contribution is 5.46. The summed E-state index contributed by atoms with van der Waals surface area (Å²) in [7, 11) is 1.85. The Bertz CT molecular complexity index is 637. The largest absolute Gasteiger partial charge is 0.434 e. The Morgan fingerprint density at radius 2 is 2.06 bits per heavy atom. The van der Waals surface area contributed by atoms with E-state index in [0.717, 1.165) is 17.0 Å². The topological polar surface area (TPSA) is 63.7 Å². The van der Waals surface area contributed by atoms with E-state index in [1.165, 1.54) is 0 Å². The van der Waals surface area contributed by atoms with Gasteiger partial charge in [-0.25, -0.2) is 4.98 Å². The van der Waals surface area contributed by atoms with Crippen LogP contribution in [0.2, 0.25) is 0 Å².